The fourth-order valence-electron chi connectivity index (χ4n) is 2.60. The van der Waals surface area contributed by atoms with Crippen LogP contribution in [0.2, 0.25) is 0 Å². The Hall–Kier alpha value is -2.07. The second-order valence-electron chi connectivity index (χ2n) is 5.48. The van der Waals surface area contributed by atoms with Crippen LogP contribution in [-0.2, 0) is 13.6 Å². The molecular weight excluding hydrogens is 248 g/mol. The van der Waals surface area contributed by atoms with Crippen molar-refractivity contribution in [3.63, 3.8) is 0 Å². The Balaban J connectivity index is 2.25. The minimum absolute atomic E-state index is 0.365. The predicted octanol–water partition coefficient (Wildman–Crippen LogP) is 3.15. The number of nitrogens with one attached hydrogen (secondary N) is 1. The smallest absolute Gasteiger partial charge is 0.109 e. The third kappa shape index (κ3) is 1.93. The van der Waals surface area contributed by atoms with E-state index in [1.807, 2.05) is 0 Å². The Bertz CT molecular complexity index is 749. The molecule has 0 bridgehead atoms. The van der Waals surface area contributed by atoms with Crippen molar-refractivity contribution < 1.29 is 0 Å². The summed E-state index contributed by atoms with van der Waals surface area (Å²) in [6.07, 6.45) is 2.13. The Morgan fingerprint density at radius 1 is 1.30 bits per heavy atom. The van der Waals surface area contributed by atoms with Crippen LogP contribution in [-0.4, -0.2) is 14.5 Å². The maximum absolute atomic E-state index is 5.87. The van der Waals surface area contributed by atoms with Gasteiger partial charge in [-0.05, 0) is 6.07 Å². The number of imidazole rings is 1. The number of aromatic nitrogens is 3. The molecule has 0 aliphatic rings. The van der Waals surface area contributed by atoms with E-state index >= 15 is 0 Å². The second-order valence-corrected chi connectivity index (χ2v) is 5.48. The standard InChI is InChI=1S/C16H20N4/c1-10(2)16-18-13(8-17)15(19-16)12-9-20(3)14-7-5-4-6-11(12)14/h4-7,9-10H,8,17H2,1-3H3,(H,18,19). The summed E-state index contributed by atoms with van der Waals surface area (Å²) >= 11 is 0. The molecule has 0 aliphatic heterocycles. The van der Waals surface area contributed by atoms with Crippen LogP contribution in [0.4, 0.5) is 0 Å². The van der Waals surface area contributed by atoms with Gasteiger partial charge in [0.15, 0.2) is 0 Å². The van der Waals surface area contributed by atoms with E-state index in [2.05, 4.69) is 60.9 Å². The van der Waals surface area contributed by atoms with E-state index in [0.29, 0.717) is 12.5 Å². The first kappa shape index (κ1) is 12.9. The largest absolute Gasteiger partial charge is 0.350 e. The summed E-state index contributed by atoms with van der Waals surface area (Å²) in [4.78, 5) is 8.12. The zero-order valence-electron chi connectivity index (χ0n) is 12.1. The summed E-state index contributed by atoms with van der Waals surface area (Å²) in [5.74, 6) is 1.36. The topological polar surface area (TPSA) is 59.6 Å². The van der Waals surface area contributed by atoms with Gasteiger partial charge in [0.1, 0.15) is 5.82 Å². The molecule has 20 heavy (non-hydrogen) atoms. The highest BCUT2D eigenvalue weighted by molar-refractivity contribution is 5.95. The fourth-order valence-corrected chi connectivity index (χ4v) is 2.60. The first-order valence-corrected chi connectivity index (χ1v) is 6.95. The molecule has 3 rings (SSSR count). The van der Waals surface area contributed by atoms with Crippen LogP contribution >= 0.6 is 0 Å². The highest BCUT2D eigenvalue weighted by Gasteiger charge is 2.17. The SMILES string of the molecule is CC(C)c1nc(-c2cn(C)c3ccccc23)c(CN)[nH]1. The van der Waals surface area contributed by atoms with Crippen molar-refractivity contribution in [3.8, 4) is 11.3 Å². The zero-order valence-corrected chi connectivity index (χ0v) is 12.1. The molecule has 104 valence electrons. The Kier molecular flexibility index (Phi) is 3.10. The van der Waals surface area contributed by atoms with Crippen molar-refractivity contribution in [2.24, 2.45) is 12.8 Å². The van der Waals surface area contributed by atoms with Crippen molar-refractivity contribution in [1.29, 1.82) is 0 Å². The lowest BCUT2D eigenvalue weighted by atomic mass is 10.1. The van der Waals surface area contributed by atoms with Crippen LogP contribution in [0.3, 0.4) is 0 Å². The number of nitrogens with zero attached hydrogens (tertiary/aromatic N) is 2. The molecule has 0 saturated heterocycles. The number of hydrogen-bond donors (Lipinski definition) is 2. The minimum atomic E-state index is 0.365. The third-order valence-electron chi connectivity index (χ3n) is 3.70. The van der Waals surface area contributed by atoms with Gasteiger partial charge in [0.25, 0.3) is 0 Å². The molecule has 4 heteroatoms. The van der Waals surface area contributed by atoms with Gasteiger partial charge in [-0.3, -0.25) is 0 Å². The molecular formula is C16H20N4. The normalized spacial score (nSPS) is 11.7. The van der Waals surface area contributed by atoms with Crippen molar-refractivity contribution in [1.82, 2.24) is 14.5 Å². The molecule has 0 radical (unpaired) electrons. The summed E-state index contributed by atoms with van der Waals surface area (Å²) in [5.41, 5.74) is 10.2. The maximum atomic E-state index is 5.87. The monoisotopic (exact) mass is 268 g/mol. The van der Waals surface area contributed by atoms with Gasteiger partial charge in [-0.15, -0.1) is 0 Å². The lowest BCUT2D eigenvalue weighted by Gasteiger charge is -1.98. The summed E-state index contributed by atoms with van der Waals surface area (Å²) in [6, 6.07) is 8.37. The average Bonchev–Trinajstić information content (AvgIpc) is 3.01. The van der Waals surface area contributed by atoms with Crippen molar-refractivity contribution in [3.05, 3.63) is 42.0 Å². The lowest BCUT2D eigenvalue weighted by Crippen LogP contribution is -1.99. The molecule has 3 N–H and O–H groups in total. The molecule has 4 nitrogen and oxygen atoms in total. The lowest BCUT2D eigenvalue weighted by molar-refractivity contribution is 0.788. The number of aryl methyl sites for hydroxylation is 1. The van der Waals surface area contributed by atoms with E-state index < -0.39 is 0 Å². The van der Waals surface area contributed by atoms with Gasteiger partial charge in [0.2, 0.25) is 0 Å². The predicted molar refractivity (Wildman–Crippen MR) is 82.5 cm³/mol. The third-order valence-corrected chi connectivity index (χ3v) is 3.70. The molecule has 1 aromatic carbocycles. The van der Waals surface area contributed by atoms with E-state index in [0.717, 1.165) is 22.8 Å². The van der Waals surface area contributed by atoms with E-state index in [4.69, 9.17) is 10.7 Å². The average molecular weight is 268 g/mol. The number of rotatable bonds is 3. The number of H-pyrrole nitrogens is 1. The van der Waals surface area contributed by atoms with Gasteiger partial charge in [-0.2, -0.15) is 0 Å². The quantitative estimate of drug-likeness (QED) is 0.766. The van der Waals surface area contributed by atoms with Gasteiger partial charge < -0.3 is 15.3 Å². The van der Waals surface area contributed by atoms with E-state index in [-0.39, 0.29) is 0 Å². The maximum Gasteiger partial charge on any atom is 0.109 e. The minimum Gasteiger partial charge on any atom is -0.350 e. The first-order valence-electron chi connectivity index (χ1n) is 6.95. The number of nitrogens with two attached hydrogens (primary N) is 1. The van der Waals surface area contributed by atoms with Crippen LogP contribution in [0.1, 0.15) is 31.3 Å². The molecule has 0 fully saturated rings. The number of aromatic amines is 1. The van der Waals surface area contributed by atoms with E-state index in [1.165, 1.54) is 10.9 Å². The van der Waals surface area contributed by atoms with Gasteiger partial charge in [-0.1, -0.05) is 32.0 Å². The molecule has 0 saturated carbocycles. The molecule has 3 aromatic rings. The highest BCUT2D eigenvalue weighted by atomic mass is 15.0. The zero-order chi connectivity index (χ0) is 14.3. The van der Waals surface area contributed by atoms with Gasteiger partial charge in [0.05, 0.1) is 11.4 Å². The van der Waals surface area contributed by atoms with Gasteiger partial charge >= 0.3 is 0 Å². The summed E-state index contributed by atoms with van der Waals surface area (Å²) in [7, 11) is 2.06. The molecule has 0 amide bonds. The Labute approximate surface area is 118 Å². The van der Waals surface area contributed by atoms with Crippen LogP contribution in [0.5, 0.6) is 0 Å². The Morgan fingerprint density at radius 2 is 2.05 bits per heavy atom. The van der Waals surface area contributed by atoms with Crippen molar-refractivity contribution in [2.45, 2.75) is 26.3 Å². The van der Waals surface area contributed by atoms with Crippen LogP contribution < -0.4 is 5.73 Å². The first-order chi connectivity index (χ1) is 9.61. The fraction of sp³-hybridized carbons (Fsp3) is 0.312. The molecule has 0 aliphatic carbocycles. The number of benzene rings is 1. The Morgan fingerprint density at radius 3 is 2.75 bits per heavy atom. The van der Waals surface area contributed by atoms with Crippen LogP contribution in [0.25, 0.3) is 22.2 Å². The van der Waals surface area contributed by atoms with Crippen molar-refractivity contribution >= 4 is 10.9 Å². The van der Waals surface area contributed by atoms with Crippen LogP contribution in [0, 0.1) is 0 Å². The number of para-hydroxylation sites is 1. The van der Waals surface area contributed by atoms with E-state index in [9.17, 15) is 0 Å². The summed E-state index contributed by atoms with van der Waals surface area (Å²) < 4.78 is 2.13. The second kappa shape index (κ2) is 4.80. The molecule has 0 atom stereocenters. The molecule has 2 aromatic heterocycles. The van der Waals surface area contributed by atoms with Crippen LogP contribution in [0.15, 0.2) is 30.5 Å². The summed E-state index contributed by atoms with van der Waals surface area (Å²) in [5, 5.41) is 1.21. The molecule has 0 spiro atoms. The molecule has 0 unspecified atom stereocenters. The molecule has 2 heterocycles. The van der Waals surface area contributed by atoms with E-state index in [1.54, 1.807) is 0 Å². The van der Waals surface area contributed by atoms with Gasteiger partial charge in [0, 0.05) is 42.2 Å². The number of hydrogen-bond acceptors (Lipinski definition) is 2. The number of fused-ring (bicyclic) bond motifs is 1. The highest BCUT2D eigenvalue weighted by Crippen LogP contribution is 2.31. The van der Waals surface area contributed by atoms with Gasteiger partial charge in [-0.25, -0.2) is 4.98 Å². The van der Waals surface area contributed by atoms with Crippen molar-refractivity contribution in [2.75, 3.05) is 0 Å². The summed E-state index contributed by atoms with van der Waals surface area (Å²) in [6.45, 7) is 4.73.